The molecule has 0 saturated heterocycles. The second-order valence-electron chi connectivity index (χ2n) is 7.14. The van der Waals surface area contributed by atoms with E-state index < -0.39 is 0 Å². The number of carbonyl (C=O) groups excluding carboxylic acids is 1. The molecule has 3 aromatic rings. The number of aryl methyl sites for hydroxylation is 2. The summed E-state index contributed by atoms with van der Waals surface area (Å²) in [5.41, 5.74) is 6.04. The van der Waals surface area contributed by atoms with Crippen LogP contribution in [-0.4, -0.2) is 27.1 Å². The Morgan fingerprint density at radius 2 is 1.78 bits per heavy atom. The third kappa shape index (κ3) is 3.50. The molecule has 0 unspecified atom stereocenters. The summed E-state index contributed by atoms with van der Waals surface area (Å²) in [6.07, 6.45) is 0.871. The van der Waals surface area contributed by atoms with Crippen LogP contribution in [0.5, 0.6) is 0 Å². The van der Waals surface area contributed by atoms with Crippen LogP contribution in [0.3, 0.4) is 0 Å². The summed E-state index contributed by atoms with van der Waals surface area (Å²) in [6.45, 7) is 5.78. The Balaban J connectivity index is 1.58. The molecule has 1 amide bonds. The maximum atomic E-state index is 13.1. The lowest BCUT2D eigenvalue weighted by Crippen LogP contribution is -2.36. The Morgan fingerprint density at radius 1 is 1.07 bits per heavy atom. The molecule has 0 bridgehead atoms. The molecule has 1 aliphatic rings. The first-order chi connectivity index (χ1) is 13.0. The monoisotopic (exact) mass is 379 g/mol. The molecule has 0 saturated carbocycles. The van der Waals surface area contributed by atoms with E-state index in [0.29, 0.717) is 36.0 Å². The Kier molecular flexibility index (Phi) is 4.75. The Hall–Kier alpha value is -2.59. The van der Waals surface area contributed by atoms with Gasteiger partial charge in [-0.15, -0.1) is 0 Å². The second-order valence-corrected chi connectivity index (χ2v) is 7.50. The quantitative estimate of drug-likeness (QED) is 0.676. The highest BCUT2D eigenvalue weighted by Gasteiger charge is 2.27. The highest BCUT2D eigenvalue weighted by molar-refractivity contribution is 6.33. The number of hydrogen-bond acceptors (Lipinski definition) is 2. The maximum Gasteiger partial charge on any atom is 0.259 e. The van der Waals surface area contributed by atoms with Gasteiger partial charge >= 0.3 is 0 Å². The molecule has 2 aromatic carbocycles. The van der Waals surface area contributed by atoms with Crippen molar-refractivity contribution in [2.24, 2.45) is 0 Å². The largest absolute Gasteiger partial charge is 0.334 e. The molecule has 5 heteroatoms. The van der Waals surface area contributed by atoms with Crippen molar-refractivity contribution in [3.8, 4) is 0 Å². The van der Waals surface area contributed by atoms with Crippen LogP contribution in [0.2, 0.25) is 5.15 Å². The van der Waals surface area contributed by atoms with Crippen LogP contribution >= 0.6 is 11.6 Å². The van der Waals surface area contributed by atoms with Gasteiger partial charge in [0.05, 0.1) is 17.8 Å². The summed E-state index contributed by atoms with van der Waals surface area (Å²) in [4.78, 5) is 15.0. The van der Waals surface area contributed by atoms with E-state index in [1.807, 2.05) is 24.0 Å². The van der Waals surface area contributed by atoms with Crippen LogP contribution in [0.4, 0.5) is 0 Å². The summed E-state index contributed by atoms with van der Waals surface area (Å²) < 4.78 is 1.71. The van der Waals surface area contributed by atoms with Crippen molar-refractivity contribution in [3.05, 3.63) is 87.2 Å². The van der Waals surface area contributed by atoms with Gasteiger partial charge in [-0.05, 0) is 37.0 Å². The first-order valence-corrected chi connectivity index (χ1v) is 9.55. The summed E-state index contributed by atoms with van der Waals surface area (Å²) in [7, 11) is 0. The lowest BCUT2D eigenvalue weighted by atomic mass is 9.99. The Bertz CT molecular complexity index is 991. The van der Waals surface area contributed by atoms with E-state index in [4.69, 9.17) is 11.6 Å². The third-order valence-corrected chi connectivity index (χ3v) is 5.53. The molecule has 1 aliphatic heterocycles. The molecule has 27 heavy (non-hydrogen) atoms. The molecular formula is C22H22ClN3O. The van der Waals surface area contributed by atoms with E-state index in [0.717, 1.165) is 12.0 Å². The lowest BCUT2D eigenvalue weighted by Gasteiger charge is -2.28. The average Bonchev–Trinajstić information content (AvgIpc) is 2.96. The molecule has 0 atom stereocenters. The summed E-state index contributed by atoms with van der Waals surface area (Å²) >= 11 is 6.58. The zero-order valence-electron chi connectivity index (χ0n) is 15.6. The van der Waals surface area contributed by atoms with Gasteiger partial charge in [0, 0.05) is 13.1 Å². The van der Waals surface area contributed by atoms with Crippen molar-refractivity contribution in [2.45, 2.75) is 33.4 Å². The highest BCUT2D eigenvalue weighted by atomic mass is 35.5. The molecule has 0 fully saturated rings. The van der Waals surface area contributed by atoms with E-state index in [2.05, 4.69) is 48.4 Å². The second kappa shape index (κ2) is 7.20. The fraction of sp³-hybridized carbons (Fsp3) is 0.273. The van der Waals surface area contributed by atoms with Crippen LogP contribution in [-0.2, 0) is 19.5 Å². The minimum absolute atomic E-state index is 0.0397. The number of fused-ring (bicyclic) bond motifs is 1. The predicted molar refractivity (Wildman–Crippen MR) is 107 cm³/mol. The first kappa shape index (κ1) is 17.8. The molecule has 4 rings (SSSR count). The van der Waals surface area contributed by atoms with Gasteiger partial charge in [-0.3, -0.25) is 4.79 Å². The van der Waals surface area contributed by atoms with Crippen molar-refractivity contribution in [2.75, 3.05) is 6.54 Å². The van der Waals surface area contributed by atoms with Crippen molar-refractivity contribution < 1.29 is 4.79 Å². The number of halogens is 1. The average molecular weight is 380 g/mol. The molecule has 0 N–H and O–H groups in total. The molecule has 0 spiro atoms. The van der Waals surface area contributed by atoms with Gasteiger partial charge in [0.15, 0.2) is 0 Å². The number of carbonyl (C=O) groups is 1. The van der Waals surface area contributed by atoms with Gasteiger partial charge in [-0.1, -0.05) is 65.7 Å². The van der Waals surface area contributed by atoms with Gasteiger partial charge in [0.1, 0.15) is 5.15 Å². The van der Waals surface area contributed by atoms with E-state index in [-0.39, 0.29) is 5.91 Å². The Morgan fingerprint density at radius 3 is 2.52 bits per heavy atom. The zero-order valence-corrected chi connectivity index (χ0v) is 16.3. The number of nitrogens with zero attached hydrogens (tertiary/aromatic N) is 3. The van der Waals surface area contributed by atoms with Crippen LogP contribution < -0.4 is 0 Å². The standard InChI is InChI=1S/C22H22ClN3O/c1-15-7-9-17(10-8-15)13-26-21(23)20(16(2)24-26)22(27)25-12-11-18-5-3-4-6-19(18)14-25/h3-10H,11-14H2,1-2H3. The molecule has 0 aliphatic carbocycles. The molecule has 4 nitrogen and oxygen atoms in total. The van der Waals surface area contributed by atoms with Gasteiger partial charge in [0.25, 0.3) is 5.91 Å². The third-order valence-electron chi connectivity index (χ3n) is 5.15. The number of amides is 1. The fourth-order valence-corrected chi connectivity index (χ4v) is 3.91. The van der Waals surface area contributed by atoms with Crippen molar-refractivity contribution in [3.63, 3.8) is 0 Å². The van der Waals surface area contributed by atoms with Crippen molar-refractivity contribution in [1.29, 1.82) is 0 Å². The maximum absolute atomic E-state index is 13.1. The summed E-state index contributed by atoms with van der Waals surface area (Å²) in [6, 6.07) is 16.5. The molecule has 0 radical (unpaired) electrons. The minimum atomic E-state index is -0.0397. The summed E-state index contributed by atoms with van der Waals surface area (Å²) in [5.74, 6) is -0.0397. The van der Waals surface area contributed by atoms with E-state index in [1.165, 1.54) is 16.7 Å². The van der Waals surface area contributed by atoms with Crippen molar-refractivity contribution >= 4 is 17.5 Å². The SMILES string of the molecule is Cc1ccc(Cn2nc(C)c(C(=O)N3CCc4ccccc4C3)c2Cl)cc1. The van der Waals surface area contributed by atoms with E-state index >= 15 is 0 Å². The lowest BCUT2D eigenvalue weighted by molar-refractivity contribution is 0.0734. The van der Waals surface area contributed by atoms with Gasteiger partial charge in [0.2, 0.25) is 0 Å². The fourth-order valence-electron chi connectivity index (χ4n) is 3.59. The van der Waals surface area contributed by atoms with E-state index in [9.17, 15) is 4.79 Å². The molecule has 1 aromatic heterocycles. The van der Waals surface area contributed by atoms with Gasteiger partial charge < -0.3 is 4.90 Å². The molecular weight excluding hydrogens is 358 g/mol. The first-order valence-electron chi connectivity index (χ1n) is 9.17. The van der Waals surface area contributed by atoms with Crippen LogP contribution in [0, 0.1) is 13.8 Å². The molecule has 138 valence electrons. The zero-order chi connectivity index (χ0) is 19.0. The smallest absolute Gasteiger partial charge is 0.259 e. The number of aromatic nitrogens is 2. The van der Waals surface area contributed by atoms with Crippen LogP contribution in [0.1, 0.15) is 38.3 Å². The van der Waals surface area contributed by atoms with Gasteiger partial charge in [-0.25, -0.2) is 4.68 Å². The van der Waals surface area contributed by atoms with Crippen molar-refractivity contribution in [1.82, 2.24) is 14.7 Å². The topological polar surface area (TPSA) is 38.1 Å². The molecule has 2 heterocycles. The van der Waals surface area contributed by atoms with Gasteiger partial charge in [-0.2, -0.15) is 5.10 Å². The highest BCUT2D eigenvalue weighted by Crippen LogP contribution is 2.26. The van der Waals surface area contributed by atoms with E-state index in [1.54, 1.807) is 4.68 Å². The van der Waals surface area contributed by atoms with Crippen LogP contribution in [0.25, 0.3) is 0 Å². The minimum Gasteiger partial charge on any atom is -0.334 e. The number of rotatable bonds is 3. The summed E-state index contributed by atoms with van der Waals surface area (Å²) in [5, 5.41) is 4.94. The predicted octanol–water partition coefficient (Wildman–Crippen LogP) is 4.40. The van der Waals surface area contributed by atoms with Crippen LogP contribution in [0.15, 0.2) is 48.5 Å². The Labute approximate surface area is 164 Å². The number of benzene rings is 2. The normalized spacial score (nSPS) is 13.5. The number of hydrogen-bond donors (Lipinski definition) is 0.